The molecule has 0 fully saturated rings. The molecule has 0 bridgehead atoms. The van der Waals surface area contributed by atoms with Gasteiger partial charge in [0, 0.05) is 17.3 Å². The third-order valence-corrected chi connectivity index (χ3v) is 3.68. The molecule has 0 saturated carbocycles. The zero-order valence-electron chi connectivity index (χ0n) is 9.83. The third kappa shape index (κ3) is 3.03. The van der Waals surface area contributed by atoms with Gasteiger partial charge in [-0.05, 0) is 23.8 Å². The maximum Gasteiger partial charge on any atom is 0.307 e. The quantitative estimate of drug-likeness (QED) is 0.665. The van der Waals surface area contributed by atoms with Crippen molar-refractivity contribution in [1.82, 2.24) is 4.98 Å². The molecule has 2 rings (SSSR count). The number of carbonyl (C=O) groups is 1. The molecular weight excluding hydrogens is 328 g/mol. The summed E-state index contributed by atoms with van der Waals surface area (Å²) < 4.78 is 13.9. The predicted octanol–water partition coefficient (Wildman–Crippen LogP) is 4.48. The minimum Gasteiger partial charge on any atom is -0.481 e. The van der Waals surface area contributed by atoms with Crippen molar-refractivity contribution in [2.24, 2.45) is 0 Å². The molecular formula is C13H7Cl3FNO2. The summed E-state index contributed by atoms with van der Waals surface area (Å²) in [7, 11) is 0. The number of hydrogen-bond acceptors (Lipinski definition) is 2. The molecule has 3 nitrogen and oxygen atoms in total. The van der Waals surface area contributed by atoms with Crippen molar-refractivity contribution in [2.75, 3.05) is 0 Å². The highest BCUT2D eigenvalue weighted by Gasteiger charge is 2.17. The zero-order valence-corrected chi connectivity index (χ0v) is 12.1. The lowest BCUT2D eigenvalue weighted by atomic mass is 10.0. The summed E-state index contributed by atoms with van der Waals surface area (Å²) in [5.74, 6) is -1.85. The molecule has 1 N–H and O–H groups in total. The molecule has 1 aromatic carbocycles. The molecule has 0 aliphatic carbocycles. The number of hydrogen-bond donors (Lipinski definition) is 1. The standard InChI is InChI=1S/C13H7Cl3FNO2/c14-8-1-2-9(15)12(16)11(8)7-3-6(4-10(19)20)5-18-13(7)17/h1-3,5H,4H2,(H,19,20). The van der Waals surface area contributed by atoms with Gasteiger partial charge in [-0.15, -0.1) is 0 Å². The van der Waals surface area contributed by atoms with E-state index in [2.05, 4.69) is 4.98 Å². The summed E-state index contributed by atoms with van der Waals surface area (Å²) in [5.41, 5.74) is 0.542. The summed E-state index contributed by atoms with van der Waals surface area (Å²) in [6.07, 6.45) is 0.870. The van der Waals surface area contributed by atoms with Gasteiger partial charge in [0.15, 0.2) is 0 Å². The molecule has 0 spiro atoms. The van der Waals surface area contributed by atoms with Crippen LogP contribution in [0.2, 0.25) is 15.1 Å². The van der Waals surface area contributed by atoms with Crippen molar-refractivity contribution < 1.29 is 14.3 Å². The van der Waals surface area contributed by atoms with Crippen LogP contribution in [0, 0.1) is 5.95 Å². The van der Waals surface area contributed by atoms with E-state index in [0.717, 1.165) is 6.20 Å². The second-order valence-corrected chi connectivity index (χ2v) is 5.16. The lowest BCUT2D eigenvalue weighted by Gasteiger charge is -2.10. The Morgan fingerprint density at radius 1 is 1.25 bits per heavy atom. The second-order valence-electron chi connectivity index (χ2n) is 3.97. The van der Waals surface area contributed by atoms with E-state index in [-0.39, 0.29) is 32.6 Å². The molecule has 0 atom stereocenters. The summed E-state index contributed by atoms with van der Waals surface area (Å²) in [4.78, 5) is 14.2. The minimum absolute atomic E-state index is 0.0150. The van der Waals surface area contributed by atoms with Gasteiger partial charge in [-0.3, -0.25) is 4.79 Å². The van der Waals surface area contributed by atoms with Crippen LogP contribution in [0.3, 0.4) is 0 Å². The number of halogens is 4. The summed E-state index contributed by atoms with van der Waals surface area (Å²) >= 11 is 17.9. The predicted molar refractivity (Wildman–Crippen MR) is 76.0 cm³/mol. The highest BCUT2D eigenvalue weighted by Crippen LogP contribution is 2.39. The Labute approximate surface area is 128 Å². The lowest BCUT2D eigenvalue weighted by Crippen LogP contribution is -2.02. The molecule has 1 heterocycles. The first-order valence-electron chi connectivity index (χ1n) is 5.40. The number of nitrogens with zero attached hydrogens (tertiary/aromatic N) is 1. The van der Waals surface area contributed by atoms with E-state index in [9.17, 15) is 9.18 Å². The van der Waals surface area contributed by atoms with E-state index < -0.39 is 11.9 Å². The van der Waals surface area contributed by atoms with Crippen molar-refractivity contribution in [1.29, 1.82) is 0 Å². The Morgan fingerprint density at radius 3 is 2.55 bits per heavy atom. The molecule has 2 aromatic rings. The van der Waals surface area contributed by atoms with Crippen molar-refractivity contribution in [3.63, 3.8) is 0 Å². The molecule has 1 aromatic heterocycles. The maximum absolute atomic E-state index is 13.9. The number of carboxylic acids is 1. The molecule has 7 heteroatoms. The normalized spacial score (nSPS) is 10.6. The summed E-state index contributed by atoms with van der Waals surface area (Å²) in [6.45, 7) is 0. The van der Waals surface area contributed by atoms with Crippen LogP contribution in [0.15, 0.2) is 24.4 Å². The van der Waals surface area contributed by atoms with Crippen LogP contribution in [0.5, 0.6) is 0 Å². The Balaban J connectivity index is 2.63. The Morgan fingerprint density at radius 2 is 1.90 bits per heavy atom. The maximum atomic E-state index is 13.9. The van der Waals surface area contributed by atoms with E-state index in [1.54, 1.807) is 0 Å². The van der Waals surface area contributed by atoms with Gasteiger partial charge in [0.05, 0.1) is 21.5 Å². The molecule has 0 aliphatic heterocycles. The van der Waals surface area contributed by atoms with Gasteiger partial charge >= 0.3 is 5.97 Å². The third-order valence-electron chi connectivity index (χ3n) is 2.56. The SMILES string of the molecule is O=C(O)Cc1cnc(F)c(-c2c(Cl)ccc(Cl)c2Cl)c1. The van der Waals surface area contributed by atoms with Gasteiger partial charge in [-0.1, -0.05) is 34.8 Å². The Hall–Kier alpha value is -1.36. The topological polar surface area (TPSA) is 50.2 Å². The fourth-order valence-corrected chi connectivity index (χ4v) is 2.44. The van der Waals surface area contributed by atoms with Crippen molar-refractivity contribution >= 4 is 40.8 Å². The van der Waals surface area contributed by atoms with E-state index >= 15 is 0 Å². The van der Waals surface area contributed by atoms with Crippen LogP contribution in [-0.2, 0) is 11.2 Å². The van der Waals surface area contributed by atoms with Crippen molar-refractivity contribution in [3.8, 4) is 11.1 Å². The van der Waals surface area contributed by atoms with Gasteiger partial charge in [-0.2, -0.15) is 4.39 Å². The van der Waals surface area contributed by atoms with Crippen molar-refractivity contribution in [3.05, 3.63) is 51.0 Å². The second kappa shape index (κ2) is 5.95. The average Bonchev–Trinajstić information content (AvgIpc) is 2.37. The first kappa shape index (κ1) is 15.0. The van der Waals surface area contributed by atoms with E-state index in [4.69, 9.17) is 39.9 Å². The average molecular weight is 335 g/mol. The monoisotopic (exact) mass is 333 g/mol. The number of carboxylic acid groups (broad SMARTS) is 1. The van der Waals surface area contributed by atoms with E-state index in [1.165, 1.54) is 18.2 Å². The summed E-state index contributed by atoms with van der Waals surface area (Å²) in [5, 5.41) is 9.26. The van der Waals surface area contributed by atoms with Gasteiger partial charge in [0.25, 0.3) is 0 Å². The Kier molecular flexibility index (Phi) is 4.48. The highest BCUT2D eigenvalue weighted by atomic mass is 35.5. The van der Waals surface area contributed by atoms with Crippen LogP contribution < -0.4 is 0 Å². The number of aromatic nitrogens is 1. The summed E-state index contributed by atoms with van der Waals surface area (Å²) in [6, 6.07) is 4.32. The number of benzene rings is 1. The number of aliphatic carboxylic acids is 1. The largest absolute Gasteiger partial charge is 0.481 e. The van der Waals surface area contributed by atoms with E-state index in [0.29, 0.717) is 5.56 Å². The van der Waals surface area contributed by atoms with Gasteiger partial charge in [0.2, 0.25) is 5.95 Å². The number of rotatable bonds is 3. The van der Waals surface area contributed by atoms with Gasteiger partial charge in [0.1, 0.15) is 0 Å². The minimum atomic E-state index is -1.05. The zero-order chi connectivity index (χ0) is 14.9. The first-order chi connectivity index (χ1) is 9.40. The van der Waals surface area contributed by atoms with Crippen LogP contribution in [-0.4, -0.2) is 16.1 Å². The molecule has 0 saturated heterocycles. The fraction of sp³-hybridized carbons (Fsp3) is 0.0769. The van der Waals surface area contributed by atoms with Gasteiger partial charge in [-0.25, -0.2) is 4.98 Å². The molecule has 20 heavy (non-hydrogen) atoms. The lowest BCUT2D eigenvalue weighted by molar-refractivity contribution is -0.136. The van der Waals surface area contributed by atoms with Crippen LogP contribution >= 0.6 is 34.8 Å². The molecule has 0 radical (unpaired) electrons. The van der Waals surface area contributed by atoms with Crippen LogP contribution in [0.1, 0.15) is 5.56 Å². The van der Waals surface area contributed by atoms with Crippen molar-refractivity contribution in [2.45, 2.75) is 6.42 Å². The first-order valence-corrected chi connectivity index (χ1v) is 6.53. The smallest absolute Gasteiger partial charge is 0.307 e. The number of pyridine rings is 1. The van der Waals surface area contributed by atoms with Crippen LogP contribution in [0.4, 0.5) is 4.39 Å². The molecule has 0 aliphatic rings. The van der Waals surface area contributed by atoms with Crippen LogP contribution in [0.25, 0.3) is 11.1 Å². The molecule has 104 valence electrons. The molecule has 0 unspecified atom stereocenters. The van der Waals surface area contributed by atoms with Gasteiger partial charge < -0.3 is 5.11 Å². The van der Waals surface area contributed by atoms with E-state index in [1.807, 2.05) is 0 Å². The molecule has 0 amide bonds. The Bertz CT molecular complexity index is 692. The fourth-order valence-electron chi connectivity index (χ4n) is 1.71. The highest BCUT2D eigenvalue weighted by molar-refractivity contribution is 6.46.